The quantitative estimate of drug-likeness (QED) is 0.812. The summed E-state index contributed by atoms with van der Waals surface area (Å²) >= 11 is 0. The topological polar surface area (TPSA) is 69.7 Å². The number of aromatic nitrogens is 1. The number of rotatable bonds is 3. The lowest BCUT2D eigenvalue weighted by Crippen LogP contribution is -2.42. The third kappa shape index (κ3) is 2.15. The molecule has 1 aromatic heterocycles. The number of aromatic amines is 1. The molecule has 1 aromatic carbocycles. The van der Waals surface area contributed by atoms with Crippen LogP contribution in [-0.2, 0) is 4.74 Å². The molecule has 0 bridgehead atoms. The molecule has 0 saturated heterocycles. The van der Waals surface area contributed by atoms with Gasteiger partial charge in [0.25, 0.3) is 0 Å². The lowest BCUT2D eigenvalue weighted by molar-refractivity contribution is -0.254. The van der Waals surface area contributed by atoms with Crippen molar-refractivity contribution in [3.8, 4) is 11.3 Å². The van der Waals surface area contributed by atoms with E-state index >= 15 is 0 Å². The Morgan fingerprint density at radius 1 is 1.33 bits per heavy atom. The Kier molecular flexibility index (Phi) is 3.48. The van der Waals surface area contributed by atoms with Gasteiger partial charge in [-0.3, -0.25) is 0 Å². The highest BCUT2D eigenvalue weighted by Gasteiger charge is 2.23. The molecule has 0 aliphatic carbocycles. The van der Waals surface area contributed by atoms with Crippen molar-refractivity contribution >= 4 is 11.7 Å². The van der Waals surface area contributed by atoms with E-state index in [1.807, 2.05) is 37.3 Å². The van der Waals surface area contributed by atoms with Crippen molar-refractivity contribution in [1.82, 2.24) is 4.98 Å². The van der Waals surface area contributed by atoms with Crippen LogP contribution in [0.15, 0.2) is 30.3 Å². The third-order valence-corrected chi connectivity index (χ3v) is 2.83. The van der Waals surface area contributed by atoms with Gasteiger partial charge in [0.2, 0.25) is 0 Å². The fourth-order valence-corrected chi connectivity index (χ4v) is 2.01. The van der Waals surface area contributed by atoms with Crippen LogP contribution >= 0.6 is 0 Å². The molecule has 4 nitrogen and oxygen atoms in total. The first-order valence-electron chi connectivity index (χ1n) is 5.92. The molecule has 0 atom stereocenters. The van der Waals surface area contributed by atoms with Crippen LogP contribution in [0.5, 0.6) is 0 Å². The van der Waals surface area contributed by atoms with E-state index in [1.165, 1.54) is 0 Å². The summed E-state index contributed by atoms with van der Waals surface area (Å²) in [4.78, 5) is 15.1. The maximum Gasteiger partial charge on any atom is 0.346 e. The SMILES string of the molecule is CCOC(=O)c1c(C)[nH]c(-c2ccccc2)c1[NH3+]. The molecule has 0 aliphatic heterocycles. The summed E-state index contributed by atoms with van der Waals surface area (Å²) in [6.07, 6.45) is 0. The molecule has 18 heavy (non-hydrogen) atoms. The molecule has 4 N–H and O–H groups in total. The summed E-state index contributed by atoms with van der Waals surface area (Å²) < 4.78 is 5.04. The number of hydrogen-bond donors (Lipinski definition) is 2. The van der Waals surface area contributed by atoms with Crippen LogP contribution in [0.1, 0.15) is 23.0 Å². The molecule has 0 radical (unpaired) electrons. The Hall–Kier alpha value is -2.07. The zero-order chi connectivity index (χ0) is 13.1. The van der Waals surface area contributed by atoms with Gasteiger partial charge in [-0.05, 0) is 13.8 Å². The highest BCUT2D eigenvalue weighted by molar-refractivity contribution is 5.98. The normalized spacial score (nSPS) is 10.4. The van der Waals surface area contributed by atoms with E-state index in [-0.39, 0.29) is 5.97 Å². The van der Waals surface area contributed by atoms with E-state index in [0.29, 0.717) is 17.9 Å². The maximum atomic E-state index is 11.8. The smallest absolute Gasteiger partial charge is 0.346 e. The van der Waals surface area contributed by atoms with Gasteiger partial charge in [0, 0.05) is 11.3 Å². The van der Waals surface area contributed by atoms with Gasteiger partial charge in [-0.1, -0.05) is 30.3 Å². The van der Waals surface area contributed by atoms with Crippen LogP contribution in [0.2, 0.25) is 0 Å². The number of hydrogen-bond acceptors (Lipinski definition) is 2. The van der Waals surface area contributed by atoms with Crippen molar-refractivity contribution in [3.05, 3.63) is 41.6 Å². The highest BCUT2D eigenvalue weighted by atomic mass is 16.5. The Morgan fingerprint density at radius 2 is 2.00 bits per heavy atom. The van der Waals surface area contributed by atoms with Gasteiger partial charge in [0.1, 0.15) is 11.3 Å². The molecular formula is C14H17N2O2+. The summed E-state index contributed by atoms with van der Waals surface area (Å²) in [7, 11) is 0. The van der Waals surface area contributed by atoms with Gasteiger partial charge < -0.3 is 15.5 Å². The number of ether oxygens (including phenoxy) is 1. The lowest BCUT2D eigenvalue weighted by Gasteiger charge is -2.00. The molecular weight excluding hydrogens is 228 g/mol. The minimum Gasteiger partial charge on any atom is -0.462 e. The van der Waals surface area contributed by atoms with Crippen LogP contribution in [0.25, 0.3) is 11.3 Å². The second-order valence-corrected chi connectivity index (χ2v) is 4.07. The van der Waals surface area contributed by atoms with Crippen molar-refractivity contribution < 1.29 is 15.3 Å². The van der Waals surface area contributed by atoms with E-state index < -0.39 is 0 Å². The van der Waals surface area contributed by atoms with E-state index in [9.17, 15) is 4.79 Å². The van der Waals surface area contributed by atoms with Gasteiger partial charge in [0.05, 0.1) is 6.61 Å². The monoisotopic (exact) mass is 245 g/mol. The zero-order valence-corrected chi connectivity index (χ0v) is 10.6. The fourth-order valence-electron chi connectivity index (χ4n) is 2.01. The average molecular weight is 245 g/mol. The van der Waals surface area contributed by atoms with E-state index in [1.54, 1.807) is 6.92 Å². The van der Waals surface area contributed by atoms with Crippen molar-refractivity contribution in [3.63, 3.8) is 0 Å². The third-order valence-electron chi connectivity index (χ3n) is 2.83. The summed E-state index contributed by atoms with van der Waals surface area (Å²) in [5.41, 5.74) is 7.89. The minimum absolute atomic E-state index is 0.321. The summed E-state index contributed by atoms with van der Waals surface area (Å²) in [5, 5.41) is 0. The number of benzene rings is 1. The number of quaternary nitrogens is 1. The second-order valence-electron chi connectivity index (χ2n) is 4.07. The molecule has 0 fully saturated rings. The first kappa shape index (κ1) is 12.4. The zero-order valence-electron chi connectivity index (χ0n) is 10.6. The first-order chi connectivity index (χ1) is 8.65. The molecule has 0 unspecified atom stereocenters. The van der Waals surface area contributed by atoms with Gasteiger partial charge in [-0.15, -0.1) is 0 Å². The standard InChI is InChI=1S/C14H16N2O2/c1-3-18-14(17)11-9(2)16-13(12(11)15)10-7-5-4-6-8-10/h4-8,16H,3,15H2,1-2H3/p+1. The summed E-state index contributed by atoms with van der Waals surface area (Å²) in [5.74, 6) is -0.321. The van der Waals surface area contributed by atoms with Gasteiger partial charge >= 0.3 is 5.97 Å². The number of H-pyrrole nitrogens is 1. The van der Waals surface area contributed by atoms with Crippen molar-refractivity contribution in [2.45, 2.75) is 13.8 Å². The molecule has 1 heterocycles. The van der Waals surface area contributed by atoms with Crippen molar-refractivity contribution in [2.75, 3.05) is 6.61 Å². The average Bonchev–Trinajstić information content (AvgIpc) is 2.66. The maximum absolute atomic E-state index is 11.8. The highest BCUT2D eigenvalue weighted by Crippen LogP contribution is 2.29. The van der Waals surface area contributed by atoms with Gasteiger partial charge in [-0.2, -0.15) is 0 Å². The second kappa shape index (κ2) is 5.06. The molecule has 0 amide bonds. The molecule has 4 heteroatoms. The lowest BCUT2D eigenvalue weighted by atomic mass is 10.1. The molecule has 94 valence electrons. The van der Waals surface area contributed by atoms with Crippen LogP contribution in [-0.4, -0.2) is 17.6 Å². The van der Waals surface area contributed by atoms with Crippen LogP contribution in [0.4, 0.5) is 5.69 Å². The van der Waals surface area contributed by atoms with E-state index in [0.717, 1.165) is 17.0 Å². The number of nitrogens with one attached hydrogen (secondary N) is 1. The molecule has 2 aromatic rings. The number of esters is 1. The largest absolute Gasteiger partial charge is 0.462 e. The van der Waals surface area contributed by atoms with Crippen molar-refractivity contribution in [2.24, 2.45) is 0 Å². The van der Waals surface area contributed by atoms with Crippen LogP contribution in [0.3, 0.4) is 0 Å². The van der Waals surface area contributed by atoms with Gasteiger partial charge in [-0.25, -0.2) is 4.79 Å². The van der Waals surface area contributed by atoms with E-state index in [2.05, 4.69) is 10.7 Å². The summed E-state index contributed by atoms with van der Waals surface area (Å²) in [6, 6.07) is 9.82. The van der Waals surface area contributed by atoms with Crippen LogP contribution in [0, 0.1) is 6.92 Å². The van der Waals surface area contributed by atoms with Crippen LogP contribution < -0.4 is 5.73 Å². The minimum atomic E-state index is -0.321. The molecule has 0 spiro atoms. The first-order valence-corrected chi connectivity index (χ1v) is 5.92. The molecule has 2 rings (SSSR count). The van der Waals surface area contributed by atoms with Crippen molar-refractivity contribution in [1.29, 1.82) is 0 Å². The van der Waals surface area contributed by atoms with E-state index in [4.69, 9.17) is 4.74 Å². The summed E-state index contributed by atoms with van der Waals surface area (Å²) in [6.45, 7) is 4.01. The predicted molar refractivity (Wildman–Crippen MR) is 69.5 cm³/mol. The molecule has 0 saturated carbocycles. The van der Waals surface area contributed by atoms with Gasteiger partial charge in [0.15, 0.2) is 5.69 Å². The Morgan fingerprint density at radius 3 is 2.61 bits per heavy atom. The Labute approximate surface area is 106 Å². The number of aryl methyl sites for hydroxylation is 1. The fraction of sp³-hybridized carbons (Fsp3) is 0.214. The number of carbonyl (C=O) groups excluding carboxylic acids is 1. The Bertz CT molecular complexity index is 559. The number of carbonyl (C=O) groups is 1. The predicted octanol–water partition coefficient (Wildman–Crippen LogP) is 2.04. The Balaban J connectivity index is 2.47. The molecule has 0 aliphatic rings.